The van der Waals surface area contributed by atoms with Gasteiger partial charge in [-0.1, -0.05) is 41.1 Å². The van der Waals surface area contributed by atoms with E-state index in [0.717, 1.165) is 0 Å². The largest absolute Gasteiger partial charge is 0.478 e. The molecule has 0 aliphatic carbocycles. The Bertz CT molecular complexity index is 972. The van der Waals surface area contributed by atoms with Gasteiger partial charge in [-0.3, -0.25) is 10.1 Å². The highest BCUT2D eigenvalue weighted by Gasteiger charge is 2.26. The highest BCUT2D eigenvalue weighted by Crippen LogP contribution is 2.39. The Morgan fingerprint density at radius 3 is 2.52 bits per heavy atom. The van der Waals surface area contributed by atoms with Crippen molar-refractivity contribution in [2.24, 2.45) is 0 Å². The van der Waals surface area contributed by atoms with Gasteiger partial charge in [-0.25, -0.2) is 4.79 Å². The van der Waals surface area contributed by atoms with E-state index in [1.165, 1.54) is 6.07 Å². The van der Waals surface area contributed by atoms with Crippen LogP contribution in [0.5, 0.6) is 0 Å². The second-order valence-electron chi connectivity index (χ2n) is 6.33. The number of aliphatic hydroxyl groups excluding tert-OH is 1. The SMILES string of the molecule is CCC=C(Cc1c(Br)cc(Nc2ccccc2C(=O)O)c(C)c1[N+](=O)[O-])C(O)O. The van der Waals surface area contributed by atoms with E-state index in [-0.39, 0.29) is 23.2 Å². The zero-order valence-corrected chi connectivity index (χ0v) is 17.4. The van der Waals surface area contributed by atoms with Gasteiger partial charge in [-0.15, -0.1) is 0 Å². The van der Waals surface area contributed by atoms with Crippen LogP contribution in [0.25, 0.3) is 0 Å². The number of carbonyl (C=O) groups is 1. The molecule has 0 aliphatic rings. The molecule has 0 amide bonds. The zero-order valence-electron chi connectivity index (χ0n) is 15.8. The first-order valence-electron chi connectivity index (χ1n) is 8.78. The molecule has 0 saturated heterocycles. The number of aliphatic hydroxyl groups is 2. The molecule has 0 saturated carbocycles. The standard InChI is InChI=1S/C20H21BrN2O6/c1-3-6-12(19(24)25)9-14-15(21)10-17(11(2)18(14)23(28)29)22-16-8-5-4-7-13(16)20(26)27/h4-8,10,19,22,24-25H,3,9H2,1-2H3,(H,26,27). The van der Waals surface area contributed by atoms with Crippen molar-refractivity contribution >= 4 is 39.0 Å². The fourth-order valence-electron chi connectivity index (χ4n) is 2.99. The molecule has 0 atom stereocenters. The Kier molecular flexibility index (Phi) is 7.49. The molecule has 2 rings (SSSR count). The number of anilines is 2. The maximum absolute atomic E-state index is 11.8. The van der Waals surface area contributed by atoms with Crippen LogP contribution in [0.4, 0.5) is 17.1 Å². The summed E-state index contributed by atoms with van der Waals surface area (Å²) in [7, 11) is 0. The molecular formula is C20H21BrN2O6. The number of hydrogen-bond acceptors (Lipinski definition) is 6. The lowest BCUT2D eigenvalue weighted by molar-refractivity contribution is -0.386. The van der Waals surface area contributed by atoms with E-state index >= 15 is 0 Å². The molecule has 4 N–H and O–H groups in total. The molecule has 2 aromatic rings. The van der Waals surface area contributed by atoms with Crippen molar-refractivity contribution in [3.05, 3.63) is 73.3 Å². The molecule has 9 heteroatoms. The van der Waals surface area contributed by atoms with Crippen LogP contribution in [0.15, 0.2) is 46.5 Å². The molecule has 2 aromatic carbocycles. The number of nitro benzene ring substituents is 1. The van der Waals surface area contributed by atoms with Gasteiger partial charge in [0.2, 0.25) is 0 Å². The number of aromatic carboxylic acids is 1. The third-order valence-electron chi connectivity index (χ3n) is 4.39. The third-order valence-corrected chi connectivity index (χ3v) is 5.10. The molecule has 0 unspecified atom stereocenters. The average Bonchev–Trinajstić information content (AvgIpc) is 2.65. The van der Waals surface area contributed by atoms with Gasteiger partial charge in [-0.05, 0) is 37.1 Å². The summed E-state index contributed by atoms with van der Waals surface area (Å²) < 4.78 is 0.396. The number of carboxylic acids is 1. The van der Waals surface area contributed by atoms with Gasteiger partial charge in [0, 0.05) is 22.1 Å². The zero-order chi connectivity index (χ0) is 21.7. The predicted octanol–water partition coefficient (Wildman–Crippen LogP) is 4.30. The fourth-order valence-corrected chi connectivity index (χ4v) is 3.55. The summed E-state index contributed by atoms with van der Waals surface area (Å²) in [6.07, 6.45) is 0.422. The maximum Gasteiger partial charge on any atom is 0.337 e. The minimum absolute atomic E-state index is 0.0186. The molecule has 0 aliphatic heterocycles. The Balaban J connectivity index is 2.58. The molecule has 0 spiro atoms. The minimum Gasteiger partial charge on any atom is -0.478 e. The number of nitrogens with one attached hydrogen (secondary N) is 1. The minimum atomic E-state index is -1.72. The van der Waals surface area contributed by atoms with E-state index in [0.29, 0.717) is 33.4 Å². The lowest BCUT2D eigenvalue weighted by Gasteiger charge is -2.17. The number of nitro groups is 1. The Morgan fingerprint density at radius 1 is 1.31 bits per heavy atom. The van der Waals surface area contributed by atoms with Crippen molar-refractivity contribution in [2.45, 2.75) is 33.0 Å². The van der Waals surface area contributed by atoms with Gasteiger partial charge in [0.15, 0.2) is 6.29 Å². The molecule has 8 nitrogen and oxygen atoms in total. The first-order valence-corrected chi connectivity index (χ1v) is 9.57. The predicted molar refractivity (Wildman–Crippen MR) is 113 cm³/mol. The first-order chi connectivity index (χ1) is 13.7. The normalized spacial score (nSPS) is 11.6. The van der Waals surface area contributed by atoms with Crippen LogP contribution in [0.1, 0.15) is 34.8 Å². The summed E-state index contributed by atoms with van der Waals surface area (Å²) in [5.74, 6) is -1.12. The monoisotopic (exact) mass is 464 g/mol. The first kappa shape index (κ1) is 22.5. The van der Waals surface area contributed by atoms with Crippen LogP contribution in [0, 0.1) is 17.0 Å². The van der Waals surface area contributed by atoms with Crippen molar-refractivity contribution in [3.63, 3.8) is 0 Å². The van der Waals surface area contributed by atoms with Gasteiger partial charge in [0.1, 0.15) is 0 Å². The summed E-state index contributed by atoms with van der Waals surface area (Å²) in [6, 6.07) is 7.86. The average molecular weight is 465 g/mol. The molecule has 0 aromatic heterocycles. The van der Waals surface area contributed by atoms with E-state index < -0.39 is 17.2 Å². The number of rotatable bonds is 8. The lowest BCUT2D eigenvalue weighted by atomic mass is 9.98. The van der Waals surface area contributed by atoms with E-state index in [1.54, 1.807) is 37.3 Å². The van der Waals surface area contributed by atoms with E-state index in [9.17, 15) is 30.2 Å². The number of allylic oxidation sites excluding steroid dienone is 1. The van der Waals surface area contributed by atoms with Crippen LogP contribution in [0.2, 0.25) is 0 Å². The van der Waals surface area contributed by atoms with Crippen molar-refractivity contribution in [1.29, 1.82) is 0 Å². The second-order valence-corrected chi connectivity index (χ2v) is 7.18. The summed E-state index contributed by atoms with van der Waals surface area (Å²) >= 11 is 3.34. The number of hydrogen-bond donors (Lipinski definition) is 4. The third kappa shape index (κ3) is 5.20. The number of para-hydroxylation sites is 1. The molecule has 154 valence electrons. The summed E-state index contributed by atoms with van der Waals surface area (Å²) in [4.78, 5) is 22.7. The van der Waals surface area contributed by atoms with Crippen LogP contribution in [-0.2, 0) is 6.42 Å². The molecule has 0 fully saturated rings. The van der Waals surface area contributed by atoms with Crippen LogP contribution >= 0.6 is 15.9 Å². The Morgan fingerprint density at radius 2 is 1.97 bits per heavy atom. The molecule has 0 radical (unpaired) electrons. The Labute approximate surface area is 175 Å². The quantitative estimate of drug-likeness (QED) is 0.198. The van der Waals surface area contributed by atoms with Crippen molar-refractivity contribution in [3.8, 4) is 0 Å². The van der Waals surface area contributed by atoms with Crippen LogP contribution in [-0.4, -0.2) is 32.5 Å². The van der Waals surface area contributed by atoms with Gasteiger partial charge in [0.25, 0.3) is 5.69 Å². The topological polar surface area (TPSA) is 133 Å². The van der Waals surface area contributed by atoms with Gasteiger partial charge in [0.05, 0.1) is 21.7 Å². The number of carboxylic acid groups (broad SMARTS) is 1. The highest BCUT2D eigenvalue weighted by molar-refractivity contribution is 9.10. The molecular weight excluding hydrogens is 444 g/mol. The Hall–Kier alpha value is -2.75. The summed E-state index contributed by atoms with van der Waals surface area (Å²) in [5, 5.41) is 43.2. The highest BCUT2D eigenvalue weighted by atomic mass is 79.9. The second kappa shape index (κ2) is 9.64. The van der Waals surface area contributed by atoms with Crippen LogP contribution in [0.3, 0.4) is 0 Å². The lowest BCUT2D eigenvalue weighted by Crippen LogP contribution is -2.13. The van der Waals surface area contributed by atoms with Crippen molar-refractivity contribution in [1.82, 2.24) is 0 Å². The molecule has 0 heterocycles. The maximum atomic E-state index is 11.8. The fraction of sp³-hybridized carbons (Fsp3) is 0.250. The number of benzene rings is 2. The van der Waals surface area contributed by atoms with Gasteiger partial charge in [-0.2, -0.15) is 0 Å². The van der Waals surface area contributed by atoms with E-state index in [4.69, 9.17) is 0 Å². The summed E-state index contributed by atoms with van der Waals surface area (Å²) in [5.41, 5.74) is 1.38. The van der Waals surface area contributed by atoms with Gasteiger partial charge < -0.3 is 20.6 Å². The van der Waals surface area contributed by atoms with Gasteiger partial charge >= 0.3 is 5.97 Å². The van der Waals surface area contributed by atoms with Crippen LogP contribution < -0.4 is 5.32 Å². The van der Waals surface area contributed by atoms with E-state index in [1.807, 2.05) is 6.92 Å². The molecule has 0 bridgehead atoms. The van der Waals surface area contributed by atoms with E-state index in [2.05, 4.69) is 21.2 Å². The van der Waals surface area contributed by atoms with Crippen molar-refractivity contribution < 1.29 is 25.0 Å². The summed E-state index contributed by atoms with van der Waals surface area (Å²) in [6.45, 7) is 3.38. The number of nitrogens with zero attached hydrogens (tertiary/aromatic N) is 1. The molecule has 29 heavy (non-hydrogen) atoms. The smallest absolute Gasteiger partial charge is 0.337 e. The van der Waals surface area contributed by atoms with Crippen molar-refractivity contribution in [2.75, 3.05) is 5.32 Å². The number of halogens is 1.